The molecule has 2 aromatic rings. The van der Waals surface area contributed by atoms with Crippen LogP contribution in [0, 0.1) is 5.41 Å². The average Bonchev–Trinajstić information content (AvgIpc) is 3.57. The normalized spacial score (nSPS) is 13.8. The predicted octanol–water partition coefficient (Wildman–Crippen LogP) is 2.76. The van der Waals surface area contributed by atoms with Gasteiger partial charge in [-0.1, -0.05) is 11.6 Å². The van der Waals surface area contributed by atoms with Crippen LogP contribution in [0.1, 0.15) is 34.3 Å². The summed E-state index contributed by atoms with van der Waals surface area (Å²) in [4.78, 5) is 25.2. The summed E-state index contributed by atoms with van der Waals surface area (Å²) in [5.41, 5.74) is 2.84. The molecular weight excluding hydrogens is 404 g/mol. The van der Waals surface area contributed by atoms with E-state index in [4.69, 9.17) is 21.7 Å². The first-order valence-electron chi connectivity index (χ1n) is 9.75. The molecule has 0 aliphatic heterocycles. The molecule has 0 unspecified atom stereocenters. The van der Waals surface area contributed by atoms with Gasteiger partial charge >= 0.3 is 0 Å². The van der Waals surface area contributed by atoms with Crippen molar-refractivity contribution in [1.82, 2.24) is 20.6 Å². The largest absolute Gasteiger partial charge is 0.495 e. The van der Waals surface area contributed by atoms with E-state index in [0.29, 0.717) is 47.4 Å². The lowest BCUT2D eigenvalue weighted by molar-refractivity contribution is 0.0950. The van der Waals surface area contributed by atoms with E-state index in [2.05, 4.69) is 25.6 Å². The molecule has 1 saturated carbocycles. The minimum atomic E-state index is -0.108. The maximum absolute atomic E-state index is 12.4. The molecule has 8 nitrogen and oxygen atoms in total. The molecule has 1 aromatic heterocycles. The number of hydrogen-bond acceptors (Lipinski definition) is 7. The van der Waals surface area contributed by atoms with Gasteiger partial charge in [0.15, 0.2) is 0 Å². The Morgan fingerprint density at radius 3 is 2.67 bits per heavy atom. The predicted molar refractivity (Wildman–Crippen MR) is 118 cm³/mol. The second-order valence-corrected chi connectivity index (χ2v) is 7.45. The van der Waals surface area contributed by atoms with Crippen LogP contribution < -0.4 is 15.4 Å². The molecule has 0 atom stereocenters. The Morgan fingerprint density at radius 1 is 1.33 bits per heavy atom. The van der Waals surface area contributed by atoms with Gasteiger partial charge in [0.1, 0.15) is 5.75 Å². The highest BCUT2D eigenvalue weighted by molar-refractivity contribution is 6.33. The third-order valence-electron chi connectivity index (χ3n) is 4.65. The van der Waals surface area contributed by atoms with E-state index in [-0.39, 0.29) is 11.9 Å². The number of ether oxygens (including phenoxy) is 1. The Labute approximate surface area is 180 Å². The number of carbonyl (C=O) groups excluding carboxylic acids is 1. The molecule has 30 heavy (non-hydrogen) atoms. The molecule has 3 N–H and O–H groups in total. The fourth-order valence-corrected chi connectivity index (χ4v) is 3.14. The molecule has 3 rings (SSSR count). The Bertz CT molecular complexity index is 941. The first-order chi connectivity index (χ1) is 14.5. The zero-order valence-electron chi connectivity index (χ0n) is 17.0. The van der Waals surface area contributed by atoms with Crippen LogP contribution in [0.15, 0.2) is 29.5 Å². The van der Waals surface area contributed by atoms with Gasteiger partial charge in [-0.25, -0.2) is 15.0 Å². The van der Waals surface area contributed by atoms with Crippen molar-refractivity contribution < 1.29 is 9.53 Å². The van der Waals surface area contributed by atoms with Crippen LogP contribution in [0.4, 0.5) is 5.95 Å². The number of aromatic nitrogens is 2. The highest BCUT2D eigenvalue weighted by Gasteiger charge is 2.24. The maximum atomic E-state index is 12.4. The van der Waals surface area contributed by atoms with Gasteiger partial charge in [-0.05, 0) is 56.0 Å². The monoisotopic (exact) mass is 428 g/mol. The van der Waals surface area contributed by atoms with Gasteiger partial charge in [-0.2, -0.15) is 0 Å². The third kappa shape index (κ3) is 5.84. The van der Waals surface area contributed by atoms with Crippen molar-refractivity contribution in [2.24, 2.45) is 4.99 Å². The lowest BCUT2D eigenvalue weighted by Crippen LogP contribution is -2.25. The zero-order valence-corrected chi connectivity index (χ0v) is 17.8. The van der Waals surface area contributed by atoms with Crippen molar-refractivity contribution >= 4 is 35.4 Å². The second kappa shape index (κ2) is 10.3. The number of rotatable bonds is 10. The molecule has 0 bridgehead atoms. The number of halogens is 1. The van der Waals surface area contributed by atoms with Gasteiger partial charge < -0.3 is 20.8 Å². The van der Waals surface area contributed by atoms with Gasteiger partial charge in [0.25, 0.3) is 5.91 Å². The van der Waals surface area contributed by atoms with Gasteiger partial charge in [0, 0.05) is 36.8 Å². The topological polar surface area (TPSA) is 112 Å². The maximum Gasteiger partial charge on any atom is 0.251 e. The van der Waals surface area contributed by atoms with Gasteiger partial charge in [0.05, 0.1) is 17.8 Å². The summed E-state index contributed by atoms with van der Waals surface area (Å²) in [5, 5.41) is 13.8. The Balaban J connectivity index is 1.71. The summed E-state index contributed by atoms with van der Waals surface area (Å²) in [6.45, 7) is 0.472. The van der Waals surface area contributed by atoms with E-state index in [1.807, 2.05) is 6.07 Å². The van der Waals surface area contributed by atoms with E-state index >= 15 is 0 Å². The molecule has 1 fully saturated rings. The number of carbonyl (C=O) groups is 1. The Morgan fingerprint density at radius 2 is 2.07 bits per heavy atom. The summed E-state index contributed by atoms with van der Waals surface area (Å²) in [5.74, 6) is 0.688. The van der Waals surface area contributed by atoms with Gasteiger partial charge in [0.2, 0.25) is 5.95 Å². The summed E-state index contributed by atoms with van der Waals surface area (Å²) in [6.07, 6.45) is 7.91. The van der Waals surface area contributed by atoms with E-state index in [1.54, 1.807) is 25.5 Å². The highest BCUT2D eigenvalue weighted by Crippen LogP contribution is 2.31. The summed E-state index contributed by atoms with van der Waals surface area (Å²) >= 11 is 6.47. The first-order valence-corrected chi connectivity index (χ1v) is 10.1. The first kappa shape index (κ1) is 21.9. The number of aliphatic imine (C=N–C) groups is 1. The van der Waals surface area contributed by atoms with Crippen molar-refractivity contribution in [3.63, 3.8) is 0 Å². The Hall–Kier alpha value is -2.84. The van der Waals surface area contributed by atoms with Gasteiger partial charge in [-0.15, -0.1) is 0 Å². The fraction of sp³-hybridized carbons (Fsp3) is 0.381. The van der Waals surface area contributed by atoms with Crippen LogP contribution in [-0.2, 0) is 12.8 Å². The van der Waals surface area contributed by atoms with Crippen LogP contribution >= 0.6 is 11.6 Å². The standard InChI is InChI=1S/C21H25ClN6O2/c1-24-12-17(9-23)28-21-25-10-13(11-26-21)3-4-14-7-15(8-18(30-2)19(14)22)20(29)27-16-5-6-16/h7-11,16,23-24H,3-6,12H2,1-2H3,(H,27,29). The van der Waals surface area contributed by atoms with Crippen LogP contribution in [-0.4, -0.2) is 54.5 Å². The lowest BCUT2D eigenvalue weighted by Gasteiger charge is -2.12. The minimum Gasteiger partial charge on any atom is -0.495 e. The minimum absolute atomic E-state index is 0.108. The highest BCUT2D eigenvalue weighted by atomic mass is 35.5. The second-order valence-electron chi connectivity index (χ2n) is 7.07. The molecule has 9 heteroatoms. The van der Waals surface area contributed by atoms with Crippen LogP contribution in [0.2, 0.25) is 5.02 Å². The number of nitrogens with one attached hydrogen (secondary N) is 3. The summed E-state index contributed by atoms with van der Waals surface area (Å²) in [7, 11) is 3.32. The molecule has 1 amide bonds. The van der Waals surface area contributed by atoms with Crippen LogP contribution in [0.5, 0.6) is 5.75 Å². The van der Waals surface area contributed by atoms with Crippen molar-refractivity contribution in [2.75, 3.05) is 20.7 Å². The number of nitrogens with zero attached hydrogens (tertiary/aromatic N) is 3. The molecule has 0 radical (unpaired) electrons. The number of hydrogen-bond donors (Lipinski definition) is 3. The molecule has 0 spiro atoms. The summed E-state index contributed by atoms with van der Waals surface area (Å²) < 4.78 is 5.36. The number of benzene rings is 1. The van der Waals surface area contributed by atoms with Gasteiger partial charge in [-0.3, -0.25) is 4.79 Å². The van der Waals surface area contributed by atoms with E-state index < -0.39 is 0 Å². The molecule has 0 saturated heterocycles. The zero-order chi connectivity index (χ0) is 21.5. The third-order valence-corrected chi connectivity index (χ3v) is 5.08. The number of aryl methyl sites for hydroxylation is 2. The number of methoxy groups -OCH3 is 1. The van der Waals surface area contributed by atoms with Crippen molar-refractivity contribution in [1.29, 1.82) is 5.41 Å². The van der Waals surface area contributed by atoms with E-state index in [9.17, 15) is 4.79 Å². The molecular formula is C21H25ClN6O2. The molecule has 158 valence electrons. The van der Waals surface area contributed by atoms with E-state index in [1.165, 1.54) is 13.3 Å². The SMILES string of the molecule is CNCC(C=N)=Nc1ncc(CCc2cc(C(=O)NC3CC3)cc(OC)c2Cl)cn1. The molecule has 1 heterocycles. The van der Waals surface area contributed by atoms with Crippen molar-refractivity contribution in [2.45, 2.75) is 31.7 Å². The lowest BCUT2D eigenvalue weighted by atomic mass is 10.0. The van der Waals surface area contributed by atoms with Crippen LogP contribution in [0.3, 0.4) is 0 Å². The quantitative estimate of drug-likeness (QED) is 0.503. The fourth-order valence-electron chi connectivity index (χ4n) is 2.86. The van der Waals surface area contributed by atoms with Crippen molar-refractivity contribution in [3.8, 4) is 5.75 Å². The smallest absolute Gasteiger partial charge is 0.251 e. The molecule has 1 aliphatic carbocycles. The van der Waals surface area contributed by atoms with E-state index in [0.717, 1.165) is 24.0 Å². The molecule has 1 aromatic carbocycles. The number of amides is 1. The average molecular weight is 429 g/mol. The summed E-state index contributed by atoms with van der Waals surface area (Å²) in [6, 6.07) is 3.77. The molecule has 1 aliphatic rings. The van der Waals surface area contributed by atoms with Crippen molar-refractivity contribution in [3.05, 3.63) is 46.2 Å². The van der Waals surface area contributed by atoms with Crippen LogP contribution in [0.25, 0.3) is 0 Å². The Kier molecular flexibility index (Phi) is 7.48.